The van der Waals surface area contributed by atoms with E-state index in [2.05, 4.69) is 4.90 Å². The van der Waals surface area contributed by atoms with Crippen molar-refractivity contribution in [3.8, 4) is 0 Å². The van der Waals surface area contributed by atoms with Crippen molar-refractivity contribution < 1.29 is 13.9 Å². The van der Waals surface area contributed by atoms with Gasteiger partial charge in [-0.1, -0.05) is 0 Å². The summed E-state index contributed by atoms with van der Waals surface area (Å²) in [6.45, 7) is 5.92. The Bertz CT molecular complexity index is 555. The first kappa shape index (κ1) is 15.2. The van der Waals surface area contributed by atoms with E-state index >= 15 is 0 Å². The molecule has 23 heavy (non-hydrogen) atoms. The zero-order valence-electron chi connectivity index (χ0n) is 13.9. The van der Waals surface area contributed by atoms with E-state index in [1.54, 1.807) is 25.5 Å². The van der Waals surface area contributed by atoms with Gasteiger partial charge in [-0.2, -0.15) is 0 Å². The number of furan rings is 1. The van der Waals surface area contributed by atoms with Crippen LogP contribution in [0.15, 0.2) is 22.8 Å². The fourth-order valence-electron chi connectivity index (χ4n) is 4.47. The Labute approximate surface area is 137 Å². The number of rotatable bonds is 5. The van der Waals surface area contributed by atoms with Gasteiger partial charge >= 0.3 is 0 Å². The lowest BCUT2D eigenvalue weighted by atomic mass is 9.77. The highest BCUT2D eigenvalue weighted by Crippen LogP contribution is 2.45. The lowest BCUT2D eigenvalue weighted by Crippen LogP contribution is -2.38. The maximum atomic E-state index is 12.6. The first-order valence-electron chi connectivity index (χ1n) is 8.74. The molecule has 3 fully saturated rings. The van der Waals surface area contributed by atoms with Crippen LogP contribution in [0, 0.1) is 17.3 Å². The third-order valence-corrected chi connectivity index (χ3v) is 5.87. The monoisotopic (exact) mass is 318 g/mol. The second-order valence-electron chi connectivity index (χ2n) is 7.61. The van der Waals surface area contributed by atoms with Crippen LogP contribution < -0.4 is 0 Å². The van der Waals surface area contributed by atoms with Crippen molar-refractivity contribution in [1.29, 1.82) is 0 Å². The molecule has 1 aromatic heterocycles. The molecule has 5 heteroatoms. The van der Waals surface area contributed by atoms with Crippen molar-refractivity contribution in [3.63, 3.8) is 0 Å². The zero-order valence-corrected chi connectivity index (χ0v) is 13.9. The summed E-state index contributed by atoms with van der Waals surface area (Å²) in [5, 5.41) is 0. The van der Waals surface area contributed by atoms with Crippen LogP contribution in [0.25, 0.3) is 0 Å². The molecule has 126 valence electrons. The molecule has 1 aromatic rings. The number of carbonyl (C=O) groups excluding carboxylic acids is 1. The largest absolute Gasteiger partial charge is 0.459 e. The highest BCUT2D eigenvalue weighted by atomic mass is 16.5. The van der Waals surface area contributed by atoms with Gasteiger partial charge in [0.05, 0.1) is 12.9 Å². The average Bonchev–Trinajstić information content (AvgIpc) is 2.96. The van der Waals surface area contributed by atoms with Crippen molar-refractivity contribution in [2.75, 3.05) is 46.4 Å². The summed E-state index contributed by atoms with van der Waals surface area (Å²) in [7, 11) is 1.79. The molecular weight excluding hydrogens is 292 g/mol. The molecule has 4 rings (SSSR count). The van der Waals surface area contributed by atoms with Crippen molar-refractivity contribution in [2.45, 2.75) is 19.3 Å². The first-order chi connectivity index (χ1) is 11.2. The number of methoxy groups -OCH3 is 1. The van der Waals surface area contributed by atoms with Gasteiger partial charge in [0.1, 0.15) is 0 Å². The van der Waals surface area contributed by atoms with Gasteiger partial charge in [-0.25, -0.2) is 0 Å². The van der Waals surface area contributed by atoms with E-state index in [0.29, 0.717) is 11.7 Å². The minimum Gasteiger partial charge on any atom is -0.459 e. The van der Waals surface area contributed by atoms with E-state index in [1.807, 2.05) is 4.90 Å². The van der Waals surface area contributed by atoms with Gasteiger partial charge in [-0.05, 0) is 37.3 Å². The third-order valence-electron chi connectivity index (χ3n) is 5.87. The minimum atomic E-state index is 0.0312. The quantitative estimate of drug-likeness (QED) is 0.834. The van der Waals surface area contributed by atoms with E-state index in [1.165, 1.54) is 19.4 Å². The topological polar surface area (TPSA) is 45.9 Å². The molecule has 0 unspecified atom stereocenters. The molecule has 2 saturated heterocycles. The molecular formula is C18H26N2O3. The summed E-state index contributed by atoms with van der Waals surface area (Å²) < 4.78 is 10.8. The highest BCUT2D eigenvalue weighted by Gasteiger charge is 2.51. The maximum Gasteiger partial charge on any atom is 0.289 e. The van der Waals surface area contributed by atoms with Crippen molar-refractivity contribution >= 4 is 5.91 Å². The molecule has 0 aromatic carbocycles. The standard InChI is InChI=1S/C18H26N2O3/c1-22-11-15-10-19(9-14-4-5-14)12-18(15)6-7-20(13-18)17(21)16-3-2-8-23-16/h2-3,8,14-15H,4-7,9-13H2,1H3/t15-,18-/m1/s1. The summed E-state index contributed by atoms with van der Waals surface area (Å²) in [6.07, 6.45) is 5.43. The Balaban J connectivity index is 1.46. The van der Waals surface area contributed by atoms with E-state index in [-0.39, 0.29) is 11.3 Å². The third kappa shape index (κ3) is 2.92. The van der Waals surface area contributed by atoms with Gasteiger partial charge in [0, 0.05) is 51.2 Å². The van der Waals surface area contributed by atoms with Crippen LogP contribution in [0.4, 0.5) is 0 Å². The predicted octanol–water partition coefficient (Wildman–Crippen LogP) is 2.10. The van der Waals surface area contributed by atoms with Crippen molar-refractivity contribution in [1.82, 2.24) is 9.80 Å². The normalized spacial score (nSPS) is 31.3. The van der Waals surface area contributed by atoms with Crippen LogP contribution in [0.3, 0.4) is 0 Å². The van der Waals surface area contributed by atoms with Gasteiger partial charge in [0.2, 0.25) is 0 Å². The number of carbonyl (C=O) groups is 1. The van der Waals surface area contributed by atoms with E-state index in [0.717, 1.165) is 45.1 Å². The summed E-state index contributed by atoms with van der Waals surface area (Å²) in [6, 6.07) is 3.54. The number of nitrogens with zero attached hydrogens (tertiary/aromatic N) is 2. The highest BCUT2D eigenvalue weighted by molar-refractivity contribution is 5.91. The summed E-state index contributed by atoms with van der Waals surface area (Å²) in [5.41, 5.74) is 0.202. The zero-order chi connectivity index (χ0) is 15.9. The molecule has 1 saturated carbocycles. The predicted molar refractivity (Wildman–Crippen MR) is 86.2 cm³/mol. The van der Waals surface area contributed by atoms with E-state index in [9.17, 15) is 4.79 Å². The van der Waals surface area contributed by atoms with Gasteiger partial charge < -0.3 is 19.0 Å². The van der Waals surface area contributed by atoms with E-state index < -0.39 is 0 Å². The van der Waals surface area contributed by atoms with Gasteiger partial charge in [-0.3, -0.25) is 4.79 Å². The molecule has 1 amide bonds. The van der Waals surface area contributed by atoms with Crippen LogP contribution in [0.2, 0.25) is 0 Å². The number of amides is 1. The molecule has 2 aliphatic heterocycles. The van der Waals surface area contributed by atoms with Crippen LogP contribution in [-0.4, -0.2) is 62.1 Å². The smallest absolute Gasteiger partial charge is 0.289 e. The molecule has 2 atom stereocenters. The summed E-state index contributed by atoms with van der Waals surface area (Å²) in [5.74, 6) is 1.93. The van der Waals surface area contributed by atoms with Crippen molar-refractivity contribution in [2.24, 2.45) is 17.3 Å². The van der Waals surface area contributed by atoms with Crippen molar-refractivity contribution in [3.05, 3.63) is 24.2 Å². The Morgan fingerprint density at radius 3 is 3.00 bits per heavy atom. The van der Waals surface area contributed by atoms with Gasteiger partial charge in [-0.15, -0.1) is 0 Å². The fraction of sp³-hybridized carbons (Fsp3) is 0.722. The lowest BCUT2D eigenvalue weighted by Gasteiger charge is -2.30. The average molecular weight is 318 g/mol. The van der Waals surface area contributed by atoms with Crippen LogP contribution in [0.1, 0.15) is 29.8 Å². The minimum absolute atomic E-state index is 0.0312. The number of hydrogen-bond acceptors (Lipinski definition) is 4. The second-order valence-corrected chi connectivity index (χ2v) is 7.61. The van der Waals surface area contributed by atoms with Crippen LogP contribution >= 0.6 is 0 Å². The number of ether oxygens (including phenoxy) is 1. The molecule has 1 aliphatic carbocycles. The lowest BCUT2D eigenvalue weighted by molar-refractivity contribution is 0.0689. The van der Waals surface area contributed by atoms with Gasteiger partial charge in [0.15, 0.2) is 5.76 Å². The first-order valence-corrected chi connectivity index (χ1v) is 8.74. The Morgan fingerprint density at radius 1 is 1.43 bits per heavy atom. The van der Waals surface area contributed by atoms with Crippen LogP contribution in [0.5, 0.6) is 0 Å². The molecule has 5 nitrogen and oxygen atoms in total. The summed E-state index contributed by atoms with van der Waals surface area (Å²) in [4.78, 5) is 17.2. The SMILES string of the molecule is COC[C@H]1CN(CC2CC2)C[C@@]12CCN(C(=O)c1ccco1)C2. The fourth-order valence-corrected chi connectivity index (χ4v) is 4.47. The number of hydrogen-bond donors (Lipinski definition) is 0. The van der Waals surface area contributed by atoms with Gasteiger partial charge in [0.25, 0.3) is 5.91 Å². The Hall–Kier alpha value is -1.33. The molecule has 0 bridgehead atoms. The van der Waals surface area contributed by atoms with E-state index in [4.69, 9.17) is 9.15 Å². The molecule has 1 spiro atoms. The van der Waals surface area contributed by atoms with Crippen LogP contribution in [-0.2, 0) is 4.74 Å². The Morgan fingerprint density at radius 2 is 2.30 bits per heavy atom. The summed E-state index contributed by atoms with van der Waals surface area (Å²) >= 11 is 0. The molecule has 0 radical (unpaired) electrons. The second kappa shape index (κ2) is 5.95. The Kier molecular flexibility index (Phi) is 3.93. The molecule has 3 aliphatic rings. The maximum absolute atomic E-state index is 12.6. The molecule has 3 heterocycles. The molecule has 0 N–H and O–H groups in total. The number of likely N-dealkylation sites (tertiary alicyclic amines) is 2.